The van der Waals surface area contributed by atoms with Crippen LogP contribution in [0.4, 0.5) is 0 Å². The summed E-state index contributed by atoms with van der Waals surface area (Å²) in [6, 6.07) is 0. The summed E-state index contributed by atoms with van der Waals surface area (Å²) in [6.45, 7) is 1.23. The molecule has 2 rings (SSSR count). The smallest absolute Gasteiger partial charge is 0.306 e. The third kappa shape index (κ3) is 4.18. The second-order valence-electron chi connectivity index (χ2n) is 6.32. The van der Waals surface area contributed by atoms with E-state index < -0.39 is 27.7 Å². The van der Waals surface area contributed by atoms with E-state index in [1.807, 2.05) is 0 Å². The van der Waals surface area contributed by atoms with Gasteiger partial charge in [-0.2, -0.15) is 17.4 Å². The first kappa shape index (κ1) is 17.7. The van der Waals surface area contributed by atoms with Crippen molar-refractivity contribution in [3.8, 4) is 0 Å². The van der Waals surface area contributed by atoms with Gasteiger partial charge in [-0.05, 0) is 25.7 Å². The van der Waals surface area contributed by atoms with E-state index in [9.17, 15) is 13.2 Å². The standard InChI is InChI=1S/C14H26N2O5S/c1-21-14(9-12(10-14)13(17)18)11-15-22(19,20)16-7-5-3-2-4-6-8-16/h12,15H,2-11H2,1H3,(H,17,18). The van der Waals surface area contributed by atoms with Gasteiger partial charge in [0.2, 0.25) is 0 Å². The van der Waals surface area contributed by atoms with Crippen LogP contribution in [0.1, 0.15) is 44.9 Å². The third-order valence-electron chi connectivity index (χ3n) is 4.75. The first-order valence-corrected chi connectivity index (χ1v) is 9.35. The lowest BCUT2D eigenvalue weighted by Gasteiger charge is -2.44. The molecule has 7 nitrogen and oxygen atoms in total. The van der Waals surface area contributed by atoms with Crippen molar-refractivity contribution in [2.24, 2.45) is 5.92 Å². The lowest BCUT2D eigenvalue weighted by Crippen LogP contribution is -2.57. The highest BCUT2D eigenvalue weighted by atomic mass is 32.2. The van der Waals surface area contributed by atoms with Gasteiger partial charge in [-0.25, -0.2) is 0 Å². The van der Waals surface area contributed by atoms with E-state index in [1.165, 1.54) is 17.8 Å². The number of carbonyl (C=O) groups is 1. The summed E-state index contributed by atoms with van der Waals surface area (Å²) in [4.78, 5) is 10.9. The van der Waals surface area contributed by atoms with Gasteiger partial charge in [-0.3, -0.25) is 4.79 Å². The molecule has 0 atom stereocenters. The van der Waals surface area contributed by atoms with Crippen molar-refractivity contribution in [1.29, 1.82) is 0 Å². The average molecular weight is 334 g/mol. The maximum atomic E-state index is 12.4. The van der Waals surface area contributed by atoms with Crippen LogP contribution in [0.15, 0.2) is 0 Å². The normalized spacial score (nSPS) is 31.0. The fourth-order valence-corrected chi connectivity index (χ4v) is 4.54. The molecule has 0 aromatic rings. The monoisotopic (exact) mass is 334 g/mol. The summed E-state index contributed by atoms with van der Waals surface area (Å²) in [5.74, 6) is -1.29. The quantitative estimate of drug-likeness (QED) is 0.754. The fraction of sp³-hybridized carbons (Fsp3) is 0.929. The largest absolute Gasteiger partial charge is 0.481 e. The molecule has 2 aliphatic rings. The lowest BCUT2D eigenvalue weighted by molar-refractivity contribution is -0.161. The molecule has 1 heterocycles. The van der Waals surface area contributed by atoms with E-state index in [0.29, 0.717) is 25.9 Å². The zero-order valence-electron chi connectivity index (χ0n) is 13.1. The highest BCUT2D eigenvalue weighted by molar-refractivity contribution is 7.87. The van der Waals surface area contributed by atoms with E-state index in [2.05, 4.69) is 4.72 Å². The first-order valence-electron chi connectivity index (χ1n) is 7.91. The fourth-order valence-electron chi connectivity index (χ4n) is 3.17. The summed E-state index contributed by atoms with van der Waals surface area (Å²) in [6.07, 6.45) is 5.77. The lowest BCUT2D eigenvalue weighted by atomic mass is 9.71. The van der Waals surface area contributed by atoms with Crippen LogP contribution >= 0.6 is 0 Å². The molecule has 0 aromatic carbocycles. The van der Waals surface area contributed by atoms with Crippen LogP contribution in [-0.4, -0.2) is 56.1 Å². The van der Waals surface area contributed by atoms with Gasteiger partial charge in [-0.15, -0.1) is 0 Å². The van der Waals surface area contributed by atoms with E-state index in [4.69, 9.17) is 9.84 Å². The molecule has 0 unspecified atom stereocenters. The number of methoxy groups -OCH3 is 1. The molecular weight excluding hydrogens is 308 g/mol. The molecule has 0 radical (unpaired) electrons. The molecule has 1 aliphatic carbocycles. The Hall–Kier alpha value is -0.700. The van der Waals surface area contributed by atoms with Crippen LogP contribution in [-0.2, 0) is 19.7 Å². The van der Waals surface area contributed by atoms with Crippen LogP contribution < -0.4 is 4.72 Å². The van der Waals surface area contributed by atoms with Gasteiger partial charge in [0, 0.05) is 26.7 Å². The van der Waals surface area contributed by atoms with Crippen molar-refractivity contribution in [2.45, 2.75) is 50.5 Å². The van der Waals surface area contributed by atoms with Crippen molar-refractivity contribution < 1.29 is 23.1 Å². The molecule has 8 heteroatoms. The van der Waals surface area contributed by atoms with Crippen molar-refractivity contribution >= 4 is 16.2 Å². The van der Waals surface area contributed by atoms with E-state index >= 15 is 0 Å². The Labute approximate surface area is 132 Å². The summed E-state index contributed by atoms with van der Waals surface area (Å²) in [5, 5.41) is 8.95. The number of carboxylic acids is 1. The second kappa shape index (κ2) is 7.25. The third-order valence-corrected chi connectivity index (χ3v) is 6.30. The molecule has 1 saturated heterocycles. The van der Waals surface area contributed by atoms with Crippen LogP contribution in [0, 0.1) is 5.92 Å². The van der Waals surface area contributed by atoms with Crippen molar-refractivity contribution in [3.05, 3.63) is 0 Å². The Kier molecular flexibility index (Phi) is 5.81. The highest BCUT2D eigenvalue weighted by Crippen LogP contribution is 2.40. The maximum Gasteiger partial charge on any atom is 0.306 e. The van der Waals surface area contributed by atoms with E-state index in [1.54, 1.807) is 0 Å². The number of rotatable bonds is 6. The molecule has 0 amide bonds. The van der Waals surface area contributed by atoms with E-state index in [-0.39, 0.29) is 6.54 Å². The number of hydrogen-bond acceptors (Lipinski definition) is 4. The minimum atomic E-state index is -3.52. The zero-order valence-corrected chi connectivity index (χ0v) is 13.9. The van der Waals surface area contributed by atoms with Gasteiger partial charge < -0.3 is 9.84 Å². The Balaban J connectivity index is 1.89. The van der Waals surface area contributed by atoms with Crippen LogP contribution in [0.5, 0.6) is 0 Å². The summed E-state index contributed by atoms with van der Waals surface area (Å²) >= 11 is 0. The summed E-state index contributed by atoms with van der Waals surface area (Å²) in [5.41, 5.74) is -0.682. The molecule has 22 heavy (non-hydrogen) atoms. The predicted molar refractivity (Wildman–Crippen MR) is 81.7 cm³/mol. The highest BCUT2D eigenvalue weighted by Gasteiger charge is 2.48. The number of carboxylic acid groups (broad SMARTS) is 1. The topological polar surface area (TPSA) is 95.9 Å². The summed E-state index contributed by atoms with van der Waals surface area (Å²) < 4.78 is 34.3. The molecule has 2 fully saturated rings. The Morgan fingerprint density at radius 2 is 1.77 bits per heavy atom. The van der Waals surface area contributed by atoms with Gasteiger partial charge in [0.15, 0.2) is 0 Å². The average Bonchev–Trinajstić information content (AvgIpc) is 2.36. The zero-order chi connectivity index (χ0) is 16.2. The predicted octanol–water partition coefficient (Wildman–Crippen LogP) is 0.967. The molecule has 2 N–H and O–H groups in total. The first-order chi connectivity index (χ1) is 10.4. The second-order valence-corrected chi connectivity index (χ2v) is 8.08. The van der Waals surface area contributed by atoms with Crippen LogP contribution in [0.2, 0.25) is 0 Å². The molecule has 0 aromatic heterocycles. The minimum Gasteiger partial charge on any atom is -0.481 e. The Morgan fingerprint density at radius 3 is 2.27 bits per heavy atom. The van der Waals surface area contributed by atoms with Crippen LogP contribution in [0.25, 0.3) is 0 Å². The minimum absolute atomic E-state index is 0.131. The maximum absolute atomic E-state index is 12.4. The van der Waals surface area contributed by atoms with Gasteiger partial charge in [-0.1, -0.05) is 19.3 Å². The molecule has 1 aliphatic heterocycles. The Morgan fingerprint density at radius 1 is 1.23 bits per heavy atom. The van der Waals surface area contributed by atoms with Gasteiger partial charge in [0.25, 0.3) is 10.2 Å². The Bertz CT molecular complexity index is 479. The number of nitrogens with one attached hydrogen (secondary N) is 1. The van der Waals surface area contributed by atoms with Crippen LogP contribution in [0.3, 0.4) is 0 Å². The molecular formula is C14H26N2O5S. The molecule has 0 spiro atoms. The molecule has 1 saturated carbocycles. The van der Waals surface area contributed by atoms with E-state index in [0.717, 1.165) is 25.7 Å². The van der Waals surface area contributed by atoms with Gasteiger partial charge >= 0.3 is 5.97 Å². The molecule has 128 valence electrons. The van der Waals surface area contributed by atoms with Gasteiger partial charge in [0.05, 0.1) is 11.5 Å². The summed E-state index contributed by atoms with van der Waals surface area (Å²) in [7, 11) is -2.02. The van der Waals surface area contributed by atoms with Crippen molar-refractivity contribution in [1.82, 2.24) is 9.03 Å². The number of aliphatic carboxylic acids is 1. The van der Waals surface area contributed by atoms with Crippen molar-refractivity contribution in [2.75, 3.05) is 26.7 Å². The van der Waals surface area contributed by atoms with Gasteiger partial charge in [0.1, 0.15) is 0 Å². The number of nitrogens with zero attached hydrogens (tertiary/aromatic N) is 1. The van der Waals surface area contributed by atoms with Crippen molar-refractivity contribution in [3.63, 3.8) is 0 Å². The molecule has 0 bridgehead atoms. The SMILES string of the molecule is COC1(CNS(=O)(=O)N2CCCCCCC2)CC(C(=O)O)C1. The number of hydrogen-bond donors (Lipinski definition) is 2. The number of ether oxygens (including phenoxy) is 1.